The van der Waals surface area contributed by atoms with Gasteiger partial charge in [-0.05, 0) is 18.8 Å². The quantitative estimate of drug-likeness (QED) is 0.861. The highest BCUT2D eigenvalue weighted by Crippen LogP contribution is 2.31. The molecule has 2 rings (SSSR count). The molecule has 102 valence electrons. The molecule has 1 unspecified atom stereocenters. The highest BCUT2D eigenvalue weighted by molar-refractivity contribution is 7.15. The Hall–Kier alpha value is -0.650. The van der Waals surface area contributed by atoms with Crippen molar-refractivity contribution in [3.63, 3.8) is 0 Å². The number of ether oxygens (including phenoxy) is 1. The molecule has 4 nitrogen and oxygen atoms in total. The van der Waals surface area contributed by atoms with E-state index in [-0.39, 0.29) is 0 Å². The van der Waals surface area contributed by atoms with E-state index in [9.17, 15) is 0 Å². The second-order valence-corrected chi connectivity index (χ2v) is 5.95. The van der Waals surface area contributed by atoms with Crippen molar-refractivity contribution in [3.8, 4) is 0 Å². The van der Waals surface area contributed by atoms with Crippen molar-refractivity contribution in [3.05, 3.63) is 10.6 Å². The van der Waals surface area contributed by atoms with Crippen LogP contribution in [-0.4, -0.2) is 25.2 Å². The van der Waals surface area contributed by atoms with Crippen LogP contribution in [-0.2, 0) is 17.9 Å². The van der Waals surface area contributed by atoms with E-state index in [1.54, 1.807) is 18.4 Å². The molecule has 0 spiro atoms. The van der Waals surface area contributed by atoms with Crippen LogP contribution in [0.5, 0.6) is 0 Å². The number of aromatic nitrogens is 1. The van der Waals surface area contributed by atoms with Crippen molar-refractivity contribution in [2.45, 2.75) is 39.3 Å². The second-order valence-electron chi connectivity index (χ2n) is 4.89. The molecule has 1 fully saturated rings. The molecule has 0 amide bonds. The Balaban J connectivity index is 2.05. The van der Waals surface area contributed by atoms with Gasteiger partial charge in [-0.1, -0.05) is 13.3 Å². The molecule has 1 atom stereocenters. The van der Waals surface area contributed by atoms with Crippen LogP contribution < -0.4 is 10.6 Å². The van der Waals surface area contributed by atoms with Crippen molar-refractivity contribution in [2.24, 2.45) is 11.7 Å². The molecule has 2 N–H and O–H groups in total. The predicted octanol–water partition coefficient (Wildman–Crippen LogP) is 2.37. The molecule has 1 aromatic rings. The molecule has 0 aromatic carbocycles. The fourth-order valence-corrected chi connectivity index (χ4v) is 3.54. The number of hydrogen-bond donors (Lipinski definition) is 1. The van der Waals surface area contributed by atoms with Crippen LogP contribution in [0.3, 0.4) is 0 Å². The monoisotopic (exact) mass is 269 g/mol. The van der Waals surface area contributed by atoms with Crippen LogP contribution in [0.25, 0.3) is 0 Å². The molecule has 2 heterocycles. The van der Waals surface area contributed by atoms with Gasteiger partial charge in [0.15, 0.2) is 5.13 Å². The first-order chi connectivity index (χ1) is 8.78. The van der Waals surface area contributed by atoms with Gasteiger partial charge in [0.2, 0.25) is 0 Å². The zero-order chi connectivity index (χ0) is 13.0. The first-order valence-electron chi connectivity index (χ1n) is 6.71. The summed E-state index contributed by atoms with van der Waals surface area (Å²) in [6, 6.07) is 0. The van der Waals surface area contributed by atoms with E-state index >= 15 is 0 Å². The highest BCUT2D eigenvalue weighted by Gasteiger charge is 2.24. The molecule has 1 aliphatic heterocycles. The van der Waals surface area contributed by atoms with E-state index in [0.717, 1.165) is 34.7 Å². The van der Waals surface area contributed by atoms with Crippen molar-refractivity contribution < 1.29 is 4.74 Å². The fraction of sp³-hybridized carbons (Fsp3) is 0.769. The normalized spacial score (nSPS) is 19.7. The topological polar surface area (TPSA) is 51.4 Å². The largest absolute Gasteiger partial charge is 0.378 e. The first-order valence-corrected chi connectivity index (χ1v) is 7.52. The number of thiazole rings is 1. The van der Waals surface area contributed by atoms with Crippen molar-refractivity contribution in [2.75, 3.05) is 25.1 Å². The van der Waals surface area contributed by atoms with Crippen LogP contribution in [0, 0.1) is 5.92 Å². The van der Waals surface area contributed by atoms with E-state index in [0.29, 0.717) is 13.2 Å². The molecule has 1 aromatic heterocycles. The Kier molecular flexibility index (Phi) is 4.97. The van der Waals surface area contributed by atoms with Gasteiger partial charge >= 0.3 is 0 Å². The van der Waals surface area contributed by atoms with Crippen LogP contribution in [0.4, 0.5) is 5.13 Å². The maximum atomic E-state index is 5.76. The number of nitrogens with two attached hydrogens (primary N) is 1. The van der Waals surface area contributed by atoms with Gasteiger partial charge in [-0.3, -0.25) is 0 Å². The summed E-state index contributed by atoms with van der Waals surface area (Å²) in [5.74, 6) is 0.839. The summed E-state index contributed by atoms with van der Waals surface area (Å²) >= 11 is 1.73. The zero-order valence-electron chi connectivity index (χ0n) is 11.3. The summed E-state index contributed by atoms with van der Waals surface area (Å²) in [5.41, 5.74) is 6.78. The fourth-order valence-electron chi connectivity index (χ4n) is 2.56. The van der Waals surface area contributed by atoms with Crippen LogP contribution in [0.15, 0.2) is 0 Å². The molecule has 1 aliphatic rings. The SMILES string of the molecule is CCCC1CCN(c2nc(COC)c(CN)s2)C1. The smallest absolute Gasteiger partial charge is 0.185 e. The summed E-state index contributed by atoms with van der Waals surface area (Å²) < 4.78 is 5.18. The lowest BCUT2D eigenvalue weighted by atomic mass is 10.0. The Morgan fingerprint density at radius 1 is 1.56 bits per heavy atom. The number of methoxy groups -OCH3 is 1. The summed E-state index contributed by atoms with van der Waals surface area (Å²) in [5, 5.41) is 1.13. The van der Waals surface area contributed by atoms with Crippen LogP contribution >= 0.6 is 11.3 Å². The van der Waals surface area contributed by atoms with Gasteiger partial charge in [0.05, 0.1) is 12.3 Å². The Morgan fingerprint density at radius 3 is 3.06 bits per heavy atom. The third-order valence-corrected chi connectivity index (χ3v) is 4.67. The summed E-state index contributed by atoms with van der Waals surface area (Å²) in [6.45, 7) is 5.67. The van der Waals surface area contributed by atoms with Gasteiger partial charge in [0.1, 0.15) is 0 Å². The molecule has 18 heavy (non-hydrogen) atoms. The molecule has 0 radical (unpaired) electrons. The Labute approximate surface area is 113 Å². The van der Waals surface area contributed by atoms with E-state index in [2.05, 4.69) is 16.8 Å². The maximum absolute atomic E-state index is 5.76. The van der Waals surface area contributed by atoms with Crippen molar-refractivity contribution >= 4 is 16.5 Å². The minimum atomic E-state index is 0.558. The summed E-state index contributed by atoms with van der Waals surface area (Å²) in [6.07, 6.45) is 3.90. The molecular formula is C13H23N3OS. The van der Waals surface area contributed by atoms with Crippen molar-refractivity contribution in [1.82, 2.24) is 4.98 Å². The number of rotatable bonds is 6. The third kappa shape index (κ3) is 3.02. The number of nitrogens with zero attached hydrogens (tertiary/aromatic N) is 2. The van der Waals surface area contributed by atoms with Crippen LogP contribution in [0.2, 0.25) is 0 Å². The highest BCUT2D eigenvalue weighted by atomic mass is 32.1. The zero-order valence-corrected chi connectivity index (χ0v) is 12.1. The minimum absolute atomic E-state index is 0.558. The molecule has 0 bridgehead atoms. The molecule has 5 heteroatoms. The lowest BCUT2D eigenvalue weighted by molar-refractivity contribution is 0.181. The van der Waals surface area contributed by atoms with Gasteiger partial charge in [-0.25, -0.2) is 4.98 Å². The van der Waals surface area contributed by atoms with Crippen LogP contribution in [0.1, 0.15) is 36.8 Å². The minimum Gasteiger partial charge on any atom is -0.378 e. The maximum Gasteiger partial charge on any atom is 0.185 e. The predicted molar refractivity (Wildman–Crippen MR) is 75.9 cm³/mol. The number of anilines is 1. The standard InChI is InChI=1S/C13H23N3OS/c1-3-4-10-5-6-16(8-10)13-15-11(9-17-2)12(7-14)18-13/h10H,3-9,14H2,1-2H3. The molecule has 1 saturated heterocycles. The lowest BCUT2D eigenvalue weighted by Gasteiger charge is -2.14. The average Bonchev–Trinajstić information content (AvgIpc) is 2.96. The van der Waals surface area contributed by atoms with Gasteiger partial charge in [-0.2, -0.15) is 0 Å². The molecule has 0 saturated carbocycles. The van der Waals surface area contributed by atoms with Crippen molar-refractivity contribution in [1.29, 1.82) is 0 Å². The number of hydrogen-bond acceptors (Lipinski definition) is 5. The average molecular weight is 269 g/mol. The second kappa shape index (κ2) is 6.50. The molecule has 0 aliphatic carbocycles. The van der Waals surface area contributed by atoms with Gasteiger partial charge in [0.25, 0.3) is 0 Å². The van der Waals surface area contributed by atoms with E-state index in [4.69, 9.17) is 10.5 Å². The Bertz CT molecular complexity index is 380. The third-order valence-electron chi connectivity index (χ3n) is 3.49. The first kappa shape index (κ1) is 13.8. The summed E-state index contributed by atoms with van der Waals surface area (Å²) in [7, 11) is 1.70. The van der Waals surface area contributed by atoms with E-state index in [1.807, 2.05) is 0 Å². The van der Waals surface area contributed by atoms with Gasteiger partial charge in [0, 0.05) is 31.6 Å². The Morgan fingerprint density at radius 2 is 2.39 bits per heavy atom. The lowest BCUT2D eigenvalue weighted by Crippen LogP contribution is -2.19. The van der Waals surface area contributed by atoms with Gasteiger partial charge < -0.3 is 15.4 Å². The summed E-state index contributed by atoms with van der Waals surface area (Å²) in [4.78, 5) is 8.25. The van der Waals surface area contributed by atoms with E-state index in [1.165, 1.54) is 19.3 Å². The van der Waals surface area contributed by atoms with Gasteiger partial charge in [-0.15, -0.1) is 11.3 Å². The van der Waals surface area contributed by atoms with E-state index < -0.39 is 0 Å². The molecular weight excluding hydrogens is 246 g/mol.